The minimum absolute atomic E-state index is 0.0716. The molecule has 1 aromatic heterocycles. The molecule has 0 radical (unpaired) electrons. The van der Waals surface area contributed by atoms with Crippen molar-refractivity contribution < 1.29 is 18.3 Å². The van der Waals surface area contributed by atoms with Gasteiger partial charge in [0.2, 0.25) is 5.88 Å². The lowest BCUT2D eigenvalue weighted by Crippen LogP contribution is -2.29. The van der Waals surface area contributed by atoms with Crippen LogP contribution in [0.3, 0.4) is 0 Å². The van der Waals surface area contributed by atoms with Crippen LogP contribution in [-0.4, -0.2) is 38.7 Å². The highest BCUT2D eigenvalue weighted by atomic mass is 32.2. The van der Waals surface area contributed by atoms with Crippen molar-refractivity contribution in [1.29, 1.82) is 0 Å². The second-order valence-electron chi connectivity index (χ2n) is 5.14. The number of rotatable bonds is 4. The maximum atomic E-state index is 11.8. The summed E-state index contributed by atoms with van der Waals surface area (Å²) in [4.78, 5) is 4.32. The first-order valence-electron chi connectivity index (χ1n) is 7.09. The van der Waals surface area contributed by atoms with Gasteiger partial charge in [-0.05, 0) is 23.8 Å². The van der Waals surface area contributed by atoms with E-state index in [9.17, 15) is 13.5 Å². The molecular weight excluding hydrogens is 318 g/mol. The molecular formula is C15H17N3O4S. The number of nitrogens with one attached hydrogen (secondary N) is 1. The van der Waals surface area contributed by atoms with E-state index in [0.717, 1.165) is 15.6 Å². The van der Waals surface area contributed by atoms with Gasteiger partial charge in [0.25, 0.3) is 0 Å². The normalized spacial score (nSPS) is 16.5. The predicted molar refractivity (Wildman–Crippen MR) is 86.0 cm³/mol. The molecule has 122 valence electrons. The van der Waals surface area contributed by atoms with Gasteiger partial charge in [-0.3, -0.25) is 4.31 Å². The summed E-state index contributed by atoms with van der Waals surface area (Å²) in [5, 5.41) is 10.2. The SMILES string of the molecule is COc1cccc(Cc2ccc(N3CCNS3(=O)=O)c(O)c2)n1. The number of aromatic hydroxyl groups is 1. The van der Waals surface area contributed by atoms with Gasteiger partial charge in [-0.1, -0.05) is 12.1 Å². The summed E-state index contributed by atoms with van der Waals surface area (Å²) in [6.45, 7) is 0.629. The Kier molecular flexibility index (Phi) is 4.10. The molecule has 1 aliphatic heterocycles. The van der Waals surface area contributed by atoms with Gasteiger partial charge >= 0.3 is 10.2 Å². The zero-order chi connectivity index (χ0) is 16.4. The number of phenols is 1. The Morgan fingerprint density at radius 3 is 2.83 bits per heavy atom. The van der Waals surface area contributed by atoms with E-state index in [1.807, 2.05) is 12.1 Å². The van der Waals surface area contributed by atoms with E-state index in [2.05, 4.69) is 9.71 Å². The van der Waals surface area contributed by atoms with Gasteiger partial charge in [-0.15, -0.1) is 0 Å². The van der Waals surface area contributed by atoms with E-state index in [4.69, 9.17) is 4.74 Å². The van der Waals surface area contributed by atoms with Crippen LogP contribution in [0.15, 0.2) is 36.4 Å². The topological polar surface area (TPSA) is 91.8 Å². The van der Waals surface area contributed by atoms with Crippen LogP contribution >= 0.6 is 0 Å². The van der Waals surface area contributed by atoms with Crippen molar-refractivity contribution in [2.75, 3.05) is 24.5 Å². The van der Waals surface area contributed by atoms with Crippen molar-refractivity contribution >= 4 is 15.9 Å². The number of benzene rings is 1. The summed E-state index contributed by atoms with van der Waals surface area (Å²) in [6, 6.07) is 10.4. The minimum Gasteiger partial charge on any atom is -0.506 e. The van der Waals surface area contributed by atoms with Crippen LogP contribution in [0.4, 0.5) is 5.69 Å². The standard InChI is InChI=1S/C15H17N3O4S/c1-22-15-4-2-3-12(17-15)9-11-5-6-13(14(19)10-11)18-8-7-16-23(18,20)21/h2-6,10,16,19H,7-9H2,1H3. The van der Waals surface area contributed by atoms with Crippen LogP contribution in [0.5, 0.6) is 11.6 Å². The van der Waals surface area contributed by atoms with Crippen LogP contribution in [0, 0.1) is 0 Å². The molecule has 0 unspecified atom stereocenters. The summed E-state index contributed by atoms with van der Waals surface area (Å²) in [6.07, 6.45) is 0.510. The smallest absolute Gasteiger partial charge is 0.301 e. The van der Waals surface area contributed by atoms with Gasteiger partial charge < -0.3 is 9.84 Å². The van der Waals surface area contributed by atoms with Gasteiger partial charge in [-0.2, -0.15) is 13.1 Å². The molecule has 3 rings (SSSR count). The number of methoxy groups -OCH3 is 1. The first-order valence-corrected chi connectivity index (χ1v) is 8.53. The summed E-state index contributed by atoms with van der Waals surface area (Å²) in [5.41, 5.74) is 1.90. The van der Waals surface area contributed by atoms with Crippen molar-refractivity contribution in [3.05, 3.63) is 47.7 Å². The van der Waals surface area contributed by atoms with Gasteiger partial charge in [0, 0.05) is 31.3 Å². The zero-order valence-electron chi connectivity index (χ0n) is 12.6. The largest absolute Gasteiger partial charge is 0.506 e. The lowest BCUT2D eigenvalue weighted by atomic mass is 10.1. The summed E-state index contributed by atoms with van der Waals surface area (Å²) in [7, 11) is -2.00. The Morgan fingerprint density at radius 2 is 2.17 bits per heavy atom. The Bertz CT molecular complexity index is 823. The fraction of sp³-hybridized carbons (Fsp3) is 0.267. The number of pyridine rings is 1. The molecule has 2 aromatic rings. The van der Waals surface area contributed by atoms with Crippen LogP contribution in [0.25, 0.3) is 0 Å². The van der Waals surface area contributed by atoms with Crippen molar-refractivity contribution in [2.24, 2.45) is 0 Å². The van der Waals surface area contributed by atoms with Gasteiger partial charge in [0.05, 0.1) is 12.8 Å². The van der Waals surface area contributed by atoms with Gasteiger partial charge in [-0.25, -0.2) is 4.98 Å². The number of phenolic OH excluding ortho intramolecular Hbond substituents is 1. The van der Waals surface area contributed by atoms with Gasteiger partial charge in [0.15, 0.2) is 0 Å². The number of anilines is 1. The molecule has 0 saturated carbocycles. The highest BCUT2D eigenvalue weighted by molar-refractivity contribution is 7.91. The molecule has 0 spiro atoms. The second-order valence-corrected chi connectivity index (χ2v) is 6.82. The van der Waals surface area contributed by atoms with E-state index in [1.165, 1.54) is 0 Å². The maximum absolute atomic E-state index is 11.8. The summed E-state index contributed by atoms with van der Waals surface area (Å²) in [5.74, 6) is 0.454. The Hall–Kier alpha value is -2.32. The molecule has 2 N–H and O–H groups in total. The first kappa shape index (κ1) is 15.6. The lowest BCUT2D eigenvalue weighted by Gasteiger charge is -2.17. The third kappa shape index (κ3) is 3.22. The van der Waals surface area contributed by atoms with Gasteiger partial charge in [0.1, 0.15) is 5.75 Å². The highest BCUT2D eigenvalue weighted by Crippen LogP contribution is 2.31. The maximum Gasteiger partial charge on any atom is 0.301 e. The van der Waals surface area contributed by atoms with Crippen LogP contribution in [0.2, 0.25) is 0 Å². The number of hydrogen-bond donors (Lipinski definition) is 2. The quantitative estimate of drug-likeness (QED) is 0.871. The predicted octanol–water partition coefficient (Wildman–Crippen LogP) is 1.04. The average molecular weight is 335 g/mol. The fourth-order valence-corrected chi connectivity index (χ4v) is 3.74. The van der Waals surface area contributed by atoms with E-state index >= 15 is 0 Å². The number of hydrogen-bond acceptors (Lipinski definition) is 5. The molecule has 1 aliphatic rings. The summed E-state index contributed by atoms with van der Waals surface area (Å²) < 4.78 is 32.3. The molecule has 2 heterocycles. The Balaban J connectivity index is 1.84. The summed E-state index contributed by atoms with van der Waals surface area (Å²) >= 11 is 0. The van der Waals surface area contributed by atoms with Crippen molar-refractivity contribution in [2.45, 2.75) is 6.42 Å². The lowest BCUT2D eigenvalue weighted by molar-refractivity contribution is 0.396. The second kappa shape index (κ2) is 6.05. The molecule has 0 bridgehead atoms. The van der Waals surface area contributed by atoms with Crippen molar-refractivity contribution in [3.8, 4) is 11.6 Å². The third-order valence-electron chi connectivity index (χ3n) is 3.57. The Labute approximate surface area is 134 Å². The molecule has 0 atom stereocenters. The minimum atomic E-state index is -3.55. The third-order valence-corrected chi connectivity index (χ3v) is 5.10. The Morgan fingerprint density at radius 1 is 1.35 bits per heavy atom. The van der Waals surface area contributed by atoms with E-state index in [1.54, 1.807) is 31.4 Å². The van der Waals surface area contributed by atoms with E-state index in [0.29, 0.717) is 25.4 Å². The first-order chi connectivity index (χ1) is 11.0. The molecule has 1 saturated heterocycles. The molecule has 8 heteroatoms. The van der Waals surface area contributed by atoms with Crippen molar-refractivity contribution in [1.82, 2.24) is 9.71 Å². The average Bonchev–Trinajstić information content (AvgIpc) is 2.87. The number of ether oxygens (including phenoxy) is 1. The molecule has 0 aliphatic carbocycles. The monoisotopic (exact) mass is 335 g/mol. The molecule has 0 amide bonds. The fourth-order valence-electron chi connectivity index (χ4n) is 2.49. The molecule has 7 nitrogen and oxygen atoms in total. The number of nitrogens with zero attached hydrogens (tertiary/aromatic N) is 2. The number of aromatic nitrogens is 1. The van der Waals surface area contributed by atoms with Crippen LogP contribution in [0.1, 0.15) is 11.3 Å². The molecule has 1 aromatic carbocycles. The van der Waals surface area contributed by atoms with Crippen LogP contribution in [-0.2, 0) is 16.6 Å². The molecule has 1 fully saturated rings. The molecule has 23 heavy (non-hydrogen) atoms. The zero-order valence-corrected chi connectivity index (χ0v) is 13.4. The van der Waals surface area contributed by atoms with Crippen LogP contribution < -0.4 is 13.8 Å². The highest BCUT2D eigenvalue weighted by Gasteiger charge is 2.29. The van der Waals surface area contributed by atoms with E-state index in [-0.39, 0.29) is 11.4 Å². The van der Waals surface area contributed by atoms with Crippen molar-refractivity contribution in [3.63, 3.8) is 0 Å². The van der Waals surface area contributed by atoms with E-state index < -0.39 is 10.2 Å².